The van der Waals surface area contributed by atoms with Crippen LogP contribution in [0.25, 0.3) is 33.5 Å². The average molecular weight is 396 g/mol. The maximum Gasteiger partial charge on any atom is 0.354 e. The van der Waals surface area contributed by atoms with Crippen LogP contribution in [0.3, 0.4) is 0 Å². The first-order chi connectivity index (χ1) is 12.2. The molecule has 2 N–H and O–H groups in total. The Balaban J connectivity index is 1.97. The largest absolute Gasteiger partial charge is 0.464 e. The van der Waals surface area contributed by atoms with E-state index in [2.05, 4.69) is 43.0 Å². The van der Waals surface area contributed by atoms with Crippen molar-refractivity contribution in [1.82, 2.24) is 15.0 Å². The number of carbonyl (C=O) groups is 1. The minimum atomic E-state index is -0.399. The zero-order chi connectivity index (χ0) is 17.4. The van der Waals surface area contributed by atoms with Gasteiger partial charge in [0, 0.05) is 21.6 Å². The normalized spacial score (nSPS) is 11.0. The van der Waals surface area contributed by atoms with E-state index in [1.54, 1.807) is 12.3 Å². The predicted molar refractivity (Wildman–Crippen MR) is 100 cm³/mol. The summed E-state index contributed by atoms with van der Waals surface area (Å²) in [6.45, 7) is 0. The fourth-order valence-corrected chi connectivity index (χ4v) is 3.25. The molecule has 0 spiro atoms. The molecule has 0 unspecified atom stereocenters. The number of nitrogens with zero attached hydrogens (tertiary/aromatic N) is 1. The number of benzene rings is 1. The van der Waals surface area contributed by atoms with Crippen molar-refractivity contribution >= 4 is 32.9 Å². The second kappa shape index (κ2) is 6.22. The molecule has 0 saturated heterocycles. The number of nitrogens with one attached hydrogen (secondary N) is 2. The molecule has 0 aliphatic rings. The molecular formula is C19H14BrN3O2. The molecule has 0 aliphatic heterocycles. The molecule has 4 aromatic rings. The van der Waals surface area contributed by atoms with Crippen LogP contribution in [0.4, 0.5) is 0 Å². The van der Waals surface area contributed by atoms with Crippen molar-refractivity contribution in [1.29, 1.82) is 0 Å². The monoisotopic (exact) mass is 395 g/mol. The van der Waals surface area contributed by atoms with Crippen molar-refractivity contribution in [2.75, 3.05) is 7.11 Å². The van der Waals surface area contributed by atoms with Crippen LogP contribution in [-0.4, -0.2) is 28.0 Å². The molecule has 0 saturated carbocycles. The Labute approximate surface area is 152 Å². The summed E-state index contributed by atoms with van der Waals surface area (Å²) in [4.78, 5) is 22.7. The fraction of sp³-hybridized carbons (Fsp3) is 0.0526. The van der Waals surface area contributed by atoms with Gasteiger partial charge in [-0.25, -0.2) is 9.78 Å². The molecular weight excluding hydrogens is 382 g/mol. The number of hydrogen-bond acceptors (Lipinski definition) is 3. The molecule has 0 amide bonds. The Kier molecular flexibility index (Phi) is 3.89. The number of hydrogen-bond donors (Lipinski definition) is 2. The summed E-state index contributed by atoms with van der Waals surface area (Å²) in [5, 5.41) is 1.00. The highest BCUT2D eigenvalue weighted by Gasteiger charge is 2.18. The number of ether oxygens (including phenoxy) is 1. The molecule has 0 bridgehead atoms. The van der Waals surface area contributed by atoms with Crippen LogP contribution >= 0.6 is 15.9 Å². The van der Waals surface area contributed by atoms with Gasteiger partial charge in [0.25, 0.3) is 0 Å². The van der Waals surface area contributed by atoms with Crippen LogP contribution in [-0.2, 0) is 4.74 Å². The van der Waals surface area contributed by atoms with E-state index in [1.165, 1.54) is 7.11 Å². The fourth-order valence-electron chi connectivity index (χ4n) is 2.92. The van der Waals surface area contributed by atoms with E-state index >= 15 is 0 Å². The molecule has 0 radical (unpaired) electrons. The first kappa shape index (κ1) is 15.7. The van der Waals surface area contributed by atoms with E-state index < -0.39 is 5.97 Å². The van der Waals surface area contributed by atoms with Gasteiger partial charge >= 0.3 is 5.97 Å². The predicted octanol–water partition coefficient (Wildman–Crippen LogP) is 4.77. The Hall–Kier alpha value is -2.86. The molecule has 3 heterocycles. The molecule has 25 heavy (non-hydrogen) atoms. The van der Waals surface area contributed by atoms with Crippen LogP contribution in [0.2, 0.25) is 0 Å². The van der Waals surface area contributed by atoms with Gasteiger partial charge < -0.3 is 14.7 Å². The molecule has 5 nitrogen and oxygen atoms in total. The van der Waals surface area contributed by atoms with Crippen molar-refractivity contribution < 1.29 is 9.53 Å². The molecule has 0 fully saturated rings. The number of halogens is 1. The lowest BCUT2D eigenvalue weighted by atomic mass is 10.0. The van der Waals surface area contributed by atoms with Gasteiger partial charge in [0.05, 0.1) is 18.5 Å². The van der Waals surface area contributed by atoms with Crippen LogP contribution in [0, 0.1) is 0 Å². The maximum absolute atomic E-state index is 11.7. The van der Waals surface area contributed by atoms with E-state index in [1.807, 2.05) is 30.3 Å². The van der Waals surface area contributed by atoms with Crippen LogP contribution in [0.15, 0.2) is 59.2 Å². The molecule has 6 heteroatoms. The lowest BCUT2D eigenvalue weighted by molar-refractivity contribution is 0.0595. The zero-order valence-corrected chi connectivity index (χ0v) is 14.9. The number of methoxy groups -OCH3 is 1. The Morgan fingerprint density at radius 2 is 1.92 bits per heavy atom. The third-order valence-corrected chi connectivity index (χ3v) is 4.47. The lowest BCUT2D eigenvalue weighted by Gasteiger charge is -2.04. The van der Waals surface area contributed by atoms with E-state index in [9.17, 15) is 4.79 Å². The molecule has 0 aliphatic carbocycles. The SMILES string of the molecule is COC(=O)c1ccc(-c2[nH]c3ncc(Br)cc3c2-c2ccccc2)[nH]1. The van der Waals surface area contributed by atoms with Crippen molar-refractivity contribution in [3.8, 4) is 22.5 Å². The maximum atomic E-state index is 11.7. The smallest absolute Gasteiger partial charge is 0.354 e. The minimum Gasteiger partial charge on any atom is -0.464 e. The first-order valence-electron chi connectivity index (χ1n) is 7.67. The average Bonchev–Trinajstić information content (AvgIpc) is 3.26. The van der Waals surface area contributed by atoms with Crippen LogP contribution in [0.5, 0.6) is 0 Å². The second-order valence-corrected chi connectivity index (χ2v) is 6.48. The minimum absolute atomic E-state index is 0.399. The summed E-state index contributed by atoms with van der Waals surface area (Å²) >= 11 is 3.49. The summed E-state index contributed by atoms with van der Waals surface area (Å²) in [5.74, 6) is -0.399. The van der Waals surface area contributed by atoms with Gasteiger partial charge in [-0.15, -0.1) is 0 Å². The number of esters is 1. The number of fused-ring (bicyclic) bond motifs is 1. The molecule has 1 aromatic carbocycles. The highest BCUT2D eigenvalue weighted by Crippen LogP contribution is 2.38. The van der Waals surface area contributed by atoms with Gasteiger partial charge in [-0.1, -0.05) is 30.3 Å². The van der Waals surface area contributed by atoms with Crippen molar-refractivity contribution in [2.45, 2.75) is 0 Å². The van der Waals surface area contributed by atoms with E-state index in [4.69, 9.17) is 4.74 Å². The number of aromatic nitrogens is 3. The topological polar surface area (TPSA) is 70.8 Å². The van der Waals surface area contributed by atoms with E-state index in [-0.39, 0.29) is 0 Å². The van der Waals surface area contributed by atoms with Gasteiger partial charge in [-0.2, -0.15) is 0 Å². The van der Waals surface area contributed by atoms with Gasteiger partial charge in [0.15, 0.2) is 0 Å². The Morgan fingerprint density at radius 3 is 2.68 bits per heavy atom. The standard InChI is InChI=1S/C19H14BrN3O2/c1-25-19(24)15-8-7-14(22-15)17-16(11-5-3-2-4-6-11)13-9-12(20)10-21-18(13)23-17/h2-10,22H,1H3,(H,21,23). The van der Waals surface area contributed by atoms with Gasteiger partial charge in [0.1, 0.15) is 11.3 Å². The van der Waals surface area contributed by atoms with Crippen molar-refractivity contribution in [3.63, 3.8) is 0 Å². The second-order valence-electron chi connectivity index (χ2n) is 5.57. The summed E-state index contributed by atoms with van der Waals surface area (Å²) in [5.41, 5.74) is 4.96. The van der Waals surface area contributed by atoms with Gasteiger partial charge in [0.2, 0.25) is 0 Å². The summed E-state index contributed by atoms with van der Waals surface area (Å²) in [6.07, 6.45) is 1.76. The number of carbonyl (C=O) groups excluding carboxylic acids is 1. The van der Waals surface area contributed by atoms with Crippen molar-refractivity contribution in [2.24, 2.45) is 0 Å². The highest BCUT2D eigenvalue weighted by molar-refractivity contribution is 9.10. The number of H-pyrrole nitrogens is 2. The van der Waals surface area contributed by atoms with E-state index in [0.29, 0.717) is 5.69 Å². The third kappa shape index (κ3) is 2.74. The molecule has 3 aromatic heterocycles. The summed E-state index contributed by atoms with van der Waals surface area (Å²) < 4.78 is 5.68. The quantitative estimate of drug-likeness (QED) is 0.490. The number of pyridine rings is 1. The van der Waals surface area contributed by atoms with Gasteiger partial charge in [-0.3, -0.25) is 0 Å². The number of rotatable bonds is 3. The molecule has 0 atom stereocenters. The third-order valence-electron chi connectivity index (χ3n) is 4.04. The van der Waals surface area contributed by atoms with Crippen LogP contribution in [0.1, 0.15) is 10.5 Å². The number of aromatic amines is 2. The van der Waals surface area contributed by atoms with Gasteiger partial charge in [-0.05, 0) is 39.7 Å². The summed E-state index contributed by atoms with van der Waals surface area (Å²) in [6, 6.07) is 15.7. The highest BCUT2D eigenvalue weighted by atomic mass is 79.9. The van der Waals surface area contributed by atoms with Crippen LogP contribution < -0.4 is 0 Å². The lowest BCUT2D eigenvalue weighted by Crippen LogP contribution is -2.01. The first-order valence-corrected chi connectivity index (χ1v) is 8.47. The molecule has 124 valence electrons. The Bertz CT molecular complexity index is 1070. The van der Waals surface area contributed by atoms with E-state index in [0.717, 1.165) is 38.0 Å². The summed E-state index contributed by atoms with van der Waals surface area (Å²) in [7, 11) is 1.36. The van der Waals surface area contributed by atoms with Crippen molar-refractivity contribution in [3.05, 3.63) is 64.9 Å². The molecule has 4 rings (SSSR count). The Morgan fingerprint density at radius 1 is 1.12 bits per heavy atom. The zero-order valence-electron chi connectivity index (χ0n) is 13.3.